The van der Waals surface area contributed by atoms with Crippen LogP contribution in [0.3, 0.4) is 0 Å². The van der Waals surface area contributed by atoms with Gasteiger partial charge in [-0.05, 0) is 35.4 Å². The quantitative estimate of drug-likeness (QED) is 0.888. The van der Waals surface area contributed by atoms with Gasteiger partial charge in [-0.3, -0.25) is 0 Å². The van der Waals surface area contributed by atoms with E-state index in [9.17, 15) is 4.79 Å². The highest BCUT2D eigenvalue weighted by Gasteiger charge is 2.09. The van der Waals surface area contributed by atoms with E-state index in [-0.39, 0.29) is 10.6 Å². The highest BCUT2D eigenvalue weighted by atomic mass is 79.9. The van der Waals surface area contributed by atoms with E-state index < -0.39 is 5.97 Å². The molecule has 0 aliphatic rings. The summed E-state index contributed by atoms with van der Waals surface area (Å²) in [5, 5.41) is 9.12. The topological polar surface area (TPSA) is 37.3 Å². The third-order valence-corrected chi connectivity index (χ3v) is 3.22. The largest absolute Gasteiger partial charge is 0.478 e. The van der Waals surface area contributed by atoms with Gasteiger partial charge in [-0.2, -0.15) is 0 Å². The lowest BCUT2D eigenvalue weighted by Crippen LogP contribution is -1.97. The zero-order chi connectivity index (χ0) is 12.4. The molecule has 0 saturated carbocycles. The first-order chi connectivity index (χ1) is 8.08. The Labute approximate surface area is 112 Å². The van der Waals surface area contributed by atoms with Crippen molar-refractivity contribution in [1.29, 1.82) is 0 Å². The van der Waals surface area contributed by atoms with E-state index >= 15 is 0 Å². The predicted octanol–water partition coefficient (Wildman–Crippen LogP) is 4.47. The summed E-state index contributed by atoms with van der Waals surface area (Å²) in [6, 6.07) is 12.7. The molecule has 86 valence electrons. The Kier molecular flexibility index (Phi) is 3.50. The standard InChI is InChI=1S/C13H8BrClO2/c14-10-4-1-8(2-5-10)9-3-6-11(13(16)17)12(15)7-9/h1-7H,(H,16,17). The molecule has 0 spiro atoms. The normalized spacial score (nSPS) is 10.2. The number of rotatable bonds is 2. The molecule has 17 heavy (non-hydrogen) atoms. The van der Waals surface area contributed by atoms with Gasteiger partial charge in [0.05, 0.1) is 10.6 Å². The SMILES string of the molecule is O=C(O)c1ccc(-c2ccc(Br)cc2)cc1Cl. The first-order valence-corrected chi connectivity index (χ1v) is 6.04. The van der Waals surface area contributed by atoms with E-state index in [1.807, 2.05) is 24.3 Å². The van der Waals surface area contributed by atoms with E-state index in [2.05, 4.69) is 15.9 Å². The van der Waals surface area contributed by atoms with Crippen LogP contribution in [0.1, 0.15) is 10.4 Å². The van der Waals surface area contributed by atoms with Crippen LogP contribution in [0.2, 0.25) is 5.02 Å². The second-order valence-electron chi connectivity index (χ2n) is 3.51. The Morgan fingerprint density at radius 2 is 1.65 bits per heavy atom. The van der Waals surface area contributed by atoms with Crippen molar-refractivity contribution in [3.05, 3.63) is 57.5 Å². The molecular formula is C13H8BrClO2. The summed E-state index contributed by atoms with van der Waals surface area (Å²) >= 11 is 9.27. The van der Waals surface area contributed by atoms with Crippen LogP contribution < -0.4 is 0 Å². The second-order valence-corrected chi connectivity index (χ2v) is 4.83. The highest BCUT2D eigenvalue weighted by Crippen LogP contribution is 2.26. The van der Waals surface area contributed by atoms with Gasteiger partial charge in [-0.25, -0.2) is 4.79 Å². The average Bonchev–Trinajstić information content (AvgIpc) is 2.29. The van der Waals surface area contributed by atoms with Crippen molar-refractivity contribution < 1.29 is 9.90 Å². The summed E-state index contributed by atoms with van der Waals surface area (Å²) in [5.41, 5.74) is 2.01. The molecule has 2 rings (SSSR count). The summed E-state index contributed by atoms with van der Waals surface area (Å²) < 4.78 is 0.995. The zero-order valence-electron chi connectivity index (χ0n) is 8.65. The second kappa shape index (κ2) is 4.90. The monoisotopic (exact) mass is 310 g/mol. The minimum absolute atomic E-state index is 0.118. The molecule has 0 atom stereocenters. The molecule has 0 aliphatic carbocycles. The van der Waals surface area contributed by atoms with Gasteiger partial charge in [0, 0.05) is 4.47 Å². The predicted molar refractivity (Wildman–Crippen MR) is 71.5 cm³/mol. The zero-order valence-corrected chi connectivity index (χ0v) is 11.0. The summed E-state index contributed by atoms with van der Waals surface area (Å²) in [5.74, 6) is -1.02. The molecular weight excluding hydrogens is 303 g/mol. The van der Waals surface area contributed by atoms with Crippen LogP contribution in [-0.2, 0) is 0 Å². The lowest BCUT2D eigenvalue weighted by molar-refractivity contribution is 0.0697. The molecule has 0 saturated heterocycles. The Morgan fingerprint density at radius 1 is 1.06 bits per heavy atom. The molecule has 2 aromatic carbocycles. The molecule has 2 aromatic rings. The molecule has 0 amide bonds. The maximum absolute atomic E-state index is 10.8. The van der Waals surface area contributed by atoms with Gasteiger partial charge >= 0.3 is 5.97 Å². The number of carboxylic acid groups (broad SMARTS) is 1. The fraction of sp³-hybridized carbons (Fsp3) is 0. The molecule has 4 heteroatoms. The van der Waals surface area contributed by atoms with Gasteiger partial charge in [0.25, 0.3) is 0 Å². The third kappa shape index (κ3) is 2.68. The van der Waals surface area contributed by atoms with Crippen LogP contribution in [0, 0.1) is 0 Å². The van der Waals surface area contributed by atoms with E-state index in [4.69, 9.17) is 16.7 Å². The smallest absolute Gasteiger partial charge is 0.337 e. The molecule has 0 aliphatic heterocycles. The molecule has 0 heterocycles. The van der Waals surface area contributed by atoms with Gasteiger partial charge in [-0.15, -0.1) is 0 Å². The van der Waals surface area contributed by atoms with E-state index in [0.29, 0.717) is 0 Å². The average molecular weight is 312 g/mol. The Balaban J connectivity index is 2.44. The van der Waals surface area contributed by atoms with Crippen LogP contribution in [0.25, 0.3) is 11.1 Å². The number of halogens is 2. The fourth-order valence-electron chi connectivity index (χ4n) is 1.51. The van der Waals surface area contributed by atoms with Crippen LogP contribution in [0.5, 0.6) is 0 Å². The van der Waals surface area contributed by atoms with Crippen molar-refractivity contribution in [2.24, 2.45) is 0 Å². The minimum Gasteiger partial charge on any atom is -0.478 e. The van der Waals surface area contributed by atoms with Crippen molar-refractivity contribution in [3.8, 4) is 11.1 Å². The van der Waals surface area contributed by atoms with Crippen molar-refractivity contribution >= 4 is 33.5 Å². The maximum Gasteiger partial charge on any atom is 0.337 e. The van der Waals surface area contributed by atoms with Crippen LogP contribution in [0.4, 0.5) is 0 Å². The Hall–Kier alpha value is -1.32. The van der Waals surface area contributed by atoms with Gasteiger partial charge in [0.1, 0.15) is 0 Å². The van der Waals surface area contributed by atoms with Gasteiger partial charge < -0.3 is 5.11 Å². The number of aromatic carboxylic acids is 1. The summed E-state index contributed by atoms with van der Waals surface area (Å²) in [4.78, 5) is 10.8. The first-order valence-electron chi connectivity index (χ1n) is 4.87. The number of carboxylic acids is 1. The van der Waals surface area contributed by atoms with E-state index in [1.54, 1.807) is 12.1 Å². The molecule has 0 bridgehead atoms. The maximum atomic E-state index is 10.8. The molecule has 0 radical (unpaired) electrons. The van der Waals surface area contributed by atoms with Gasteiger partial charge in [-0.1, -0.05) is 45.7 Å². The number of hydrogen-bond acceptors (Lipinski definition) is 1. The Morgan fingerprint density at radius 3 is 2.18 bits per heavy atom. The summed E-state index contributed by atoms with van der Waals surface area (Å²) in [6.07, 6.45) is 0. The van der Waals surface area contributed by atoms with Crippen LogP contribution in [0.15, 0.2) is 46.9 Å². The van der Waals surface area contributed by atoms with Crippen LogP contribution >= 0.6 is 27.5 Å². The molecule has 0 unspecified atom stereocenters. The Bertz CT molecular complexity index is 564. The fourth-order valence-corrected chi connectivity index (χ4v) is 2.04. The van der Waals surface area contributed by atoms with Crippen molar-refractivity contribution in [2.75, 3.05) is 0 Å². The van der Waals surface area contributed by atoms with Crippen LogP contribution in [-0.4, -0.2) is 11.1 Å². The van der Waals surface area contributed by atoms with Crippen molar-refractivity contribution in [1.82, 2.24) is 0 Å². The third-order valence-electron chi connectivity index (χ3n) is 2.38. The highest BCUT2D eigenvalue weighted by molar-refractivity contribution is 9.10. The molecule has 1 N–H and O–H groups in total. The summed E-state index contributed by atoms with van der Waals surface area (Å²) in [6.45, 7) is 0. The summed E-state index contributed by atoms with van der Waals surface area (Å²) in [7, 11) is 0. The lowest BCUT2D eigenvalue weighted by Gasteiger charge is -2.04. The first kappa shape index (κ1) is 12.1. The molecule has 0 aromatic heterocycles. The molecule has 2 nitrogen and oxygen atoms in total. The lowest BCUT2D eigenvalue weighted by atomic mass is 10.0. The number of carbonyl (C=O) groups is 1. The molecule has 0 fully saturated rings. The van der Waals surface area contributed by atoms with E-state index in [1.165, 1.54) is 6.07 Å². The minimum atomic E-state index is -1.02. The van der Waals surface area contributed by atoms with E-state index in [0.717, 1.165) is 15.6 Å². The van der Waals surface area contributed by atoms with Crippen molar-refractivity contribution in [2.45, 2.75) is 0 Å². The van der Waals surface area contributed by atoms with Crippen molar-refractivity contribution in [3.63, 3.8) is 0 Å². The number of hydrogen-bond donors (Lipinski definition) is 1. The van der Waals surface area contributed by atoms with Gasteiger partial charge in [0.2, 0.25) is 0 Å². The van der Waals surface area contributed by atoms with Gasteiger partial charge in [0.15, 0.2) is 0 Å². The number of benzene rings is 2.